The van der Waals surface area contributed by atoms with Crippen LogP contribution >= 0.6 is 0 Å². The molecule has 2 heterocycles. The Kier molecular flexibility index (Phi) is 5.50. The molecule has 1 aromatic rings. The summed E-state index contributed by atoms with van der Waals surface area (Å²) in [5.41, 5.74) is 1.71. The fraction of sp³-hybridized carbons (Fsp3) is 0.409. The van der Waals surface area contributed by atoms with E-state index in [0.29, 0.717) is 18.7 Å². The van der Waals surface area contributed by atoms with E-state index in [0.717, 1.165) is 11.1 Å². The summed E-state index contributed by atoms with van der Waals surface area (Å²) < 4.78 is 0. The molecule has 1 N–H and O–H groups in total. The van der Waals surface area contributed by atoms with E-state index < -0.39 is 11.7 Å². The largest absolute Gasteiger partial charge is 0.329 e. The normalized spacial score (nSPS) is 20.0. The van der Waals surface area contributed by atoms with E-state index in [2.05, 4.69) is 5.32 Å². The molecular formula is C22H28N4O3. The molecule has 2 aliphatic rings. The van der Waals surface area contributed by atoms with Gasteiger partial charge in [0.25, 0.3) is 5.91 Å². The fourth-order valence-corrected chi connectivity index (χ4v) is 4.14. The zero-order chi connectivity index (χ0) is 21.3. The number of hydrogen-bond donors (Lipinski definition) is 1. The lowest BCUT2D eigenvalue weighted by atomic mass is 9.92. The van der Waals surface area contributed by atoms with Gasteiger partial charge in [0, 0.05) is 38.0 Å². The number of amides is 4. The Morgan fingerprint density at radius 2 is 1.62 bits per heavy atom. The van der Waals surface area contributed by atoms with E-state index in [9.17, 15) is 14.4 Å². The molecule has 0 radical (unpaired) electrons. The molecule has 0 aliphatic carbocycles. The summed E-state index contributed by atoms with van der Waals surface area (Å²) in [7, 11) is 0. The van der Waals surface area contributed by atoms with Gasteiger partial charge in [-0.15, -0.1) is 0 Å². The zero-order valence-electron chi connectivity index (χ0n) is 17.6. The van der Waals surface area contributed by atoms with Gasteiger partial charge in [0.1, 0.15) is 11.7 Å². The lowest BCUT2D eigenvalue weighted by molar-refractivity contribution is -0.124. The van der Waals surface area contributed by atoms with Gasteiger partial charge in [-0.05, 0) is 52.0 Å². The first kappa shape index (κ1) is 20.6. The average molecular weight is 396 g/mol. The summed E-state index contributed by atoms with van der Waals surface area (Å²) >= 11 is 0. The second-order valence-corrected chi connectivity index (χ2v) is 7.51. The van der Waals surface area contributed by atoms with Gasteiger partial charge < -0.3 is 15.1 Å². The molecule has 2 aliphatic heterocycles. The predicted molar refractivity (Wildman–Crippen MR) is 111 cm³/mol. The number of hydrogen-bond acceptors (Lipinski definition) is 3. The van der Waals surface area contributed by atoms with Crippen molar-refractivity contribution in [3.63, 3.8) is 0 Å². The van der Waals surface area contributed by atoms with Crippen LogP contribution in [0.5, 0.6) is 0 Å². The minimum Gasteiger partial charge on any atom is -0.329 e. The van der Waals surface area contributed by atoms with E-state index >= 15 is 0 Å². The SMILES string of the molecule is CCN1C(=O)N(CC)C2(C=CN(C(C)=O)C=C2)C1NC(=O)c1cc(C)cc(C)c1. The molecule has 1 saturated heterocycles. The second kappa shape index (κ2) is 7.73. The first-order valence-electron chi connectivity index (χ1n) is 9.88. The highest BCUT2D eigenvalue weighted by Gasteiger charge is 2.55. The Morgan fingerprint density at radius 1 is 1.03 bits per heavy atom. The van der Waals surface area contributed by atoms with Crippen molar-refractivity contribution in [2.75, 3.05) is 13.1 Å². The van der Waals surface area contributed by atoms with Crippen molar-refractivity contribution < 1.29 is 14.4 Å². The molecule has 154 valence electrons. The number of nitrogens with one attached hydrogen (secondary N) is 1. The van der Waals surface area contributed by atoms with Crippen LogP contribution in [-0.2, 0) is 4.79 Å². The Morgan fingerprint density at radius 3 is 2.10 bits per heavy atom. The highest BCUT2D eigenvalue weighted by Crippen LogP contribution is 2.36. The molecule has 29 heavy (non-hydrogen) atoms. The maximum absolute atomic E-state index is 13.1. The van der Waals surface area contributed by atoms with Crippen molar-refractivity contribution in [2.24, 2.45) is 0 Å². The summed E-state index contributed by atoms with van der Waals surface area (Å²) in [5, 5.41) is 3.07. The molecule has 1 spiro atoms. The van der Waals surface area contributed by atoms with E-state index in [-0.39, 0.29) is 17.8 Å². The monoisotopic (exact) mass is 396 g/mol. The highest BCUT2D eigenvalue weighted by molar-refractivity contribution is 5.95. The highest BCUT2D eigenvalue weighted by atomic mass is 16.2. The topological polar surface area (TPSA) is 73.0 Å². The molecule has 3 rings (SSSR count). The number of carbonyl (C=O) groups is 3. The van der Waals surface area contributed by atoms with Crippen LogP contribution in [0.1, 0.15) is 42.3 Å². The third-order valence-electron chi connectivity index (χ3n) is 5.47. The van der Waals surface area contributed by atoms with Crippen LogP contribution in [0.4, 0.5) is 4.79 Å². The van der Waals surface area contributed by atoms with Gasteiger partial charge >= 0.3 is 6.03 Å². The molecule has 0 aromatic heterocycles. The standard InChI is InChI=1S/C22H28N4O3/c1-6-25-20(23-19(28)18-13-15(3)12-16(4)14-18)22(26(7-2)21(25)29)8-10-24(11-9-22)17(5)27/h8-14,20H,6-7H2,1-5H3,(H,23,28). The zero-order valence-corrected chi connectivity index (χ0v) is 17.6. The third-order valence-corrected chi connectivity index (χ3v) is 5.47. The van der Waals surface area contributed by atoms with Gasteiger partial charge in [-0.3, -0.25) is 14.5 Å². The van der Waals surface area contributed by atoms with Crippen molar-refractivity contribution >= 4 is 17.8 Å². The molecule has 1 unspecified atom stereocenters. The number of likely N-dealkylation sites (N-methyl/N-ethyl adjacent to an activating group) is 2. The fourth-order valence-electron chi connectivity index (χ4n) is 4.14. The van der Waals surface area contributed by atoms with Crippen LogP contribution in [0.3, 0.4) is 0 Å². The first-order valence-corrected chi connectivity index (χ1v) is 9.88. The van der Waals surface area contributed by atoms with Crippen molar-refractivity contribution in [1.82, 2.24) is 20.0 Å². The third kappa shape index (κ3) is 3.52. The maximum atomic E-state index is 13.1. The minimum absolute atomic E-state index is 0.122. The molecule has 4 amide bonds. The van der Waals surface area contributed by atoms with Gasteiger partial charge in [0.2, 0.25) is 5.91 Å². The summed E-state index contributed by atoms with van der Waals surface area (Å²) in [6.45, 7) is 10.1. The van der Waals surface area contributed by atoms with Gasteiger partial charge in [-0.1, -0.05) is 17.2 Å². The number of carbonyl (C=O) groups excluding carboxylic acids is 3. The summed E-state index contributed by atoms with van der Waals surface area (Å²) in [4.78, 5) is 42.7. The van der Waals surface area contributed by atoms with Crippen LogP contribution in [0.25, 0.3) is 0 Å². The first-order chi connectivity index (χ1) is 13.7. The predicted octanol–water partition coefficient (Wildman–Crippen LogP) is 2.77. The van der Waals surface area contributed by atoms with E-state index in [1.54, 1.807) is 22.2 Å². The van der Waals surface area contributed by atoms with E-state index in [1.807, 2.05) is 58.0 Å². The molecule has 0 bridgehead atoms. The van der Waals surface area contributed by atoms with Crippen LogP contribution in [0, 0.1) is 13.8 Å². The number of rotatable bonds is 4. The molecule has 1 fully saturated rings. The number of nitrogens with zero attached hydrogens (tertiary/aromatic N) is 3. The lowest BCUT2D eigenvalue weighted by Gasteiger charge is -2.39. The Bertz CT molecular complexity index is 871. The van der Waals surface area contributed by atoms with Crippen LogP contribution < -0.4 is 5.32 Å². The number of benzene rings is 1. The molecule has 1 aromatic carbocycles. The van der Waals surface area contributed by atoms with E-state index in [4.69, 9.17) is 0 Å². The summed E-state index contributed by atoms with van der Waals surface area (Å²) in [6, 6.07) is 5.54. The number of urea groups is 1. The van der Waals surface area contributed by atoms with Gasteiger partial charge in [-0.25, -0.2) is 4.79 Å². The van der Waals surface area contributed by atoms with Crippen molar-refractivity contribution in [3.05, 3.63) is 59.4 Å². The Labute approximate surface area is 171 Å². The minimum atomic E-state index is -0.859. The Hall–Kier alpha value is -3.09. The maximum Gasteiger partial charge on any atom is 0.322 e. The summed E-state index contributed by atoms with van der Waals surface area (Å²) in [6.07, 6.45) is 6.37. The molecule has 7 nitrogen and oxygen atoms in total. The molecule has 0 saturated carbocycles. The smallest absolute Gasteiger partial charge is 0.322 e. The quantitative estimate of drug-likeness (QED) is 0.851. The van der Waals surface area contributed by atoms with Gasteiger partial charge in [-0.2, -0.15) is 0 Å². The van der Waals surface area contributed by atoms with E-state index in [1.165, 1.54) is 11.8 Å². The van der Waals surface area contributed by atoms with Crippen LogP contribution in [-0.4, -0.2) is 57.3 Å². The van der Waals surface area contributed by atoms with Crippen molar-refractivity contribution in [2.45, 2.75) is 46.3 Å². The summed E-state index contributed by atoms with van der Waals surface area (Å²) in [5.74, 6) is -0.357. The Balaban J connectivity index is 2.00. The number of aryl methyl sites for hydroxylation is 2. The van der Waals surface area contributed by atoms with Crippen molar-refractivity contribution in [1.29, 1.82) is 0 Å². The molecule has 7 heteroatoms. The lowest BCUT2D eigenvalue weighted by Crippen LogP contribution is -2.58. The van der Waals surface area contributed by atoms with Gasteiger partial charge in [0.05, 0.1) is 0 Å². The second-order valence-electron chi connectivity index (χ2n) is 7.51. The molecule has 1 atom stereocenters. The van der Waals surface area contributed by atoms with Crippen LogP contribution in [0.15, 0.2) is 42.8 Å². The van der Waals surface area contributed by atoms with Gasteiger partial charge in [0.15, 0.2) is 0 Å². The van der Waals surface area contributed by atoms with Crippen LogP contribution in [0.2, 0.25) is 0 Å². The van der Waals surface area contributed by atoms with Crippen molar-refractivity contribution in [3.8, 4) is 0 Å². The molecular weight excluding hydrogens is 368 g/mol. The average Bonchev–Trinajstić information content (AvgIpc) is 2.88.